The Balaban J connectivity index is 2.74. The number of rotatable bonds is 5. The molecule has 2 N–H and O–H groups in total. The molecule has 1 aromatic rings. The number of nitrogens with two attached hydrogens (primary N) is 1. The minimum Gasteiger partial charge on any atom is -0.348 e. The van der Waals surface area contributed by atoms with Gasteiger partial charge in [-0.25, -0.2) is 0 Å². The monoisotopic (exact) mass is 252 g/mol. The zero-order chi connectivity index (χ0) is 12.8. The van der Waals surface area contributed by atoms with Gasteiger partial charge in [0.2, 0.25) is 5.91 Å². The first-order chi connectivity index (χ1) is 8.06. The molecule has 1 rings (SSSR count). The molecule has 0 fully saturated rings. The van der Waals surface area contributed by atoms with E-state index < -0.39 is 0 Å². The predicted octanol–water partition coefficient (Wildman–Crippen LogP) is 2.28. The first-order valence-corrected chi connectivity index (χ1v) is 6.72. The van der Waals surface area contributed by atoms with E-state index in [1.807, 2.05) is 24.3 Å². The van der Waals surface area contributed by atoms with Crippen LogP contribution in [0.15, 0.2) is 29.2 Å². The van der Waals surface area contributed by atoms with Crippen LogP contribution in [0, 0.1) is 0 Å². The minimum atomic E-state index is 0.0492. The molecule has 0 saturated heterocycles. The average Bonchev–Trinajstić information content (AvgIpc) is 2.35. The minimum absolute atomic E-state index is 0.0492. The van der Waals surface area contributed by atoms with Crippen LogP contribution in [0.2, 0.25) is 0 Å². The number of benzene rings is 1. The summed E-state index contributed by atoms with van der Waals surface area (Å²) in [5.41, 5.74) is 7.18. The van der Waals surface area contributed by atoms with Crippen LogP contribution < -0.4 is 5.73 Å². The Morgan fingerprint density at radius 3 is 2.65 bits per heavy atom. The van der Waals surface area contributed by atoms with Gasteiger partial charge in [0.1, 0.15) is 0 Å². The van der Waals surface area contributed by atoms with Crippen molar-refractivity contribution in [3.05, 3.63) is 29.8 Å². The fourth-order valence-corrected chi connectivity index (χ4v) is 2.50. The molecule has 94 valence electrons. The van der Waals surface area contributed by atoms with Gasteiger partial charge in [0, 0.05) is 25.0 Å². The summed E-state index contributed by atoms with van der Waals surface area (Å²) in [6.07, 6.45) is 0.902. The molecule has 4 heteroatoms. The third kappa shape index (κ3) is 4.06. The van der Waals surface area contributed by atoms with Gasteiger partial charge in [0.25, 0.3) is 0 Å². The Kier molecular flexibility index (Phi) is 5.51. The first-order valence-electron chi connectivity index (χ1n) is 5.73. The second kappa shape index (κ2) is 6.67. The molecule has 17 heavy (non-hydrogen) atoms. The summed E-state index contributed by atoms with van der Waals surface area (Å²) in [4.78, 5) is 14.3. The van der Waals surface area contributed by atoms with Crippen LogP contribution in [0.3, 0.4) is 0 Å². The normalized spacial score (nSPS) is 12.2. The molecule has 0 saturated carbocycles. The van der Waals surface area contributed by atoms with Crippen molar-refractivity contribution in [2.24, 2.45) is 5.73 Å². The van der Waals surface area contributed by atoms with E-state index in [1.165, 1.54) is 0 Å². The average molecular weight is 252 g/mol. The van der Waals surface area contributed by atoms with E-state index in [9.17, 15) is 4.79 Å². The summed E-state index contributed by atoms with van der Waals surface area (Å²) in [5.74, 6) is 0.579. The number of thioether (sulfide) groups is 1. The van der Waals surface area contributed by atoms with Crippen molar-refractivity contribution >= 4 is 17.7 Å². The third-order valence-electron chi connectivity index (χ3n) is 2.61. The highest BCUT2D eigenvalue weighted by atomic mass is 32.2. The van der Waals surface area contributed by atoms with Crippen LogP contribution >= 0.6 is 11.8 Å². The van der Waals surface area contributed by atoms with Gasteiger partial charge in [-0.3, -0.25) is 4.79 Å². The second-order valence-electron chi connectivity index (χ2n) is 4.13. The molecule has 0 heterocycles. The summed E-state index contributed by atoms with van der Waals surface area (Å²) < 4.78 is 0. The molecule has 0 aromatic heterocycles. The van der Waals surface area contributed by atoms with Gasteiger partial charge in [0.15, 0.2) is 0 Å². The second-order valence-corrected chi connectivity index (χ2v) is 5.15. The van der Waals surface area contributed by atoms with Crippen LogP contribution in [0.1, 0.15) is 24.9 Å². The lowest BCUT2D eigenvalue weighted by atomic mass is 10.1. The van der Waals surface area contributed by atoms with Gasteiger partial charge in [-0.05, 0) is 18.1 Å². The highest BCUT2D eigenvalue weighted by molar-refractivity contribution is 8.00. The summed E-state index contributed by atoms with van der Waals surface area (Å²) in [6.45, 7) is 2.07. The lowest BCUT2D eigenvalue weighted by Gasteiger charge is -2.15. The highest BCUT2D eigenvalue weighted by Crippen LogP contribution is 2.27. The van der Waals surface area contributed by atoms with Crippen molar-refractivity contribution in [1.29, 1.82) is 0 Å². The fraction of sp³-hybridized carbons (Fsp3) is 0.462. The first kappa shape index (κ1) is 14.1. The number of hydrogen-bond acceptors (Lipinski definition) is 3. The van der Waals surface area contributed by atoms with E-state index in [4.69, 9.17) is 5.73 Å². The van der Waals surface area contributed by atoms with E-state index in [0.717, 1.165) is 16.9 Å². The summed E-state index contributed by atoms with van der Waals surface area (Å²) in [6, 6.07) is 8.08. The highest BCUT2D eigenvalue weighted by Gasteiger charge is 2.11. The Labute approximate surface area is 107 Å². The number of hydrogen-bond donors (Lipinski definition) is 1. The lowest BCUT2D eigenvalue weighted by molar-refractivity contribution is -0.125. The van der Waals surface area contributed by atoms with Crippen molar-refractivity contribution in [3.8, 4) is 0 Å². The van der Waals surface area contributed by atoms with E-state index in [-0.39, 0.29) is 11.9 Å². The standard InChI is InChI=1S/C13H20N2OS/c1-4-11(14)10-7-5-6-8-12(10)17-9-13(16)15(2)3/h5-8,11H,4,9,14H2,1-3H3. The maximum absolute atomic E-state index is 11.5. The van der Waals surface area contributed by atoms with Crippen molar-refractivity contribution < 1.29 is 4.79 Å². The van der Waals surface area contributed by atoms with Gasteiger partial charge >= 0.3 is 0 Å². The Morgan fingerprint density at radius 2 is 2.06 bits per heavy atom. The Hall–Kier alpha value is -1.00. The molecule has 3 nitrogen and oxygen atoms in total. The Morgan fingerprint density at radius 1 is 1.41 bits per heavy atom. The van der Waals surface area contributed by atoms with Crippen molar-refractivity contribution in [2.45, 2.75) is 24.3 Å². The molecular formula is C13H20N2OS. The molecule has 1 aromatic carbocycles. The van der Waals surface area contributed by atoms with Gasteiger partial charge < -0.3 is 10.6 Å². The SMILES string of the molecule is CCC(N)c1ccccc1SCC(=O)N(C)C. The van der Waals surface area contributed by atoms with Crippen LogP contribution in [0.25, 0.3) is 0 Å². The van der Waals surface area contributed by atoms with Crippen LogP contribution in [-0.2, 0) is 4.79 Å². The van der Waals surface area contributed by atoms with Gasteiger partial charge in [-0.1, -0.05) is 25.1 Å². The number of nitrogens with zero attached hydrogens (tertiary/aromatic N) is 1. The van der Waals surface area contributed by atoms with Crippen molar-refractivity contribution in [1.82, 2.24) is 4.90 Å². The van der Waals surface area contributed by atoms with Gasteiger partial charge in [-0.15, -0.1) is 11.8 Å². The predicted molar refractivity (Wildman–Crippen MR) is 73.1 cm³/mol. The topological polar surface area (TPSA) is 46.3 Å². The van der Waals surface area contributed by atoms with Crippen molar-refractivity contribution in [2.75, 3.05) is 19.8 Å². The maximum atomic E-state index is 11.5. The Bertz CT molecular complexity index is 379. The zero-order valence-electron chi connectivity index (χ0n) is 10.6. The van der Waals surface area contributed by atoms with Crippen LogP contribution in [0.4, 0.5) is 0 Å². The van der Waals surface area contributed by atoms with Gasteiger partial charge in [-0.2, -0.15) is 0 Å². The van der Waals surface area contributed by atoms with E-state index in [2.05, 4.69) is 6.92 Å². The molecule has 1 amide bonds. The molecular weight excluding hydrogens is 232 g/mol. The molecule has 0 aliphatic carbocycles. The molecule has 0 aliphatic heterocycles. The van der Waals surface area contributed by atoms with E-state index in [0.29, 0.717) is 5.75 Å². The molecule has 0 radical (unpaired) electrons. The van der Waals surface area contributed by atoms with Crippen LogP contribution in [-0.4, -0.2) is 30.7 Å². The molecule has 0 bridgehead atoms. The number of amides is 1. The lowest BCUT2D eigenvalue weighted by Crippen LogP contribution is -2.23. The molecule has 0 aliphatic rings. The smallest absolute Gasteiger partial charge is 0.232 e. The van der Waals surface area contributed by atoms with Crippen molar-refractivity contribution in [3.63, 3.8) is 0 Å². The fourth-order valence-electron chi connectivity index (χ4n) is 1.41. The molecule has 1 unspecified atom stereocenters. The van der Waals surface area contributed by atoms with Gasteiger partial charge in [0.05, 0.1) is 5.75 Å². The zero-order valence-corrected chi connectivity index (χ0v) is 11.5. The van der Waals surface area contributed by atoms with Crippen LogP contribution in [0.5, 0.6) is 0 Å². The number of carbonyl (C=O) groups excluding carboxylic acids is 1. The van der Waals surface area contributed by atoms with E-state index >= 15 is 0 Å². The number of carbonyl (C=O) groups is 1. The van der Waals surface area contributed by atoms with E-state index in [1.54, 1.807) is 30.8 Å². The maximum Gasteiger partial charge on any atom is 0.232 e. The summed E-state index contributed by atoms with van der Waals surface area (Å²) in [7, 11) is 3.54. The summed E-state index contributed by atoms with van der Waals surface area (Å²) >= 11 is 1.56. The quantitative estimate of drug-likeness (QED) is 0.818. The molecule has 0 spiro atoms. The summed E-state index contributed by atoms with van der Waals surface area (Å²) in [5, 5.41) is 0. The largest absolute Gasteiger partial charge is 0.348 e. The molecule has 1 atom stereocenters. The third-order valence-corrected chi connectivity index (χ3v) is 3.68.